The lowest BCUT2D eigenvalue weighted by Crippen LogP contribution is -2.40. The predicted molar refractivity (Wildman–Crippen MR) is 130 cm³/mol. The van der Waals surface area contributed by atoms with E-state index in [4.69, 9.17) is 0 Å². The van der Waals surface area contributed by atoms with Crippen LogP contribution in [0.2, 0.25) is 0 Å². The van der Waals surface area contributed by atoms with Crippen molar-refractivity contribution in [2.45, 2.75) is 73.5 Å². The zero-order chi connectivity index (χ0) is 22.1. The molecule has 0 unspecified atom stereocenters. The Balaban J connectivity index is 1.28. The maximum absolute atomic E-state index is 13.6. The van der Waals surface area contributed by atoms with Gasteiger partial charge in [-0.15, -0.1) is 11.3 Å². The largest absolute Gasteiger partial charge is 0.307 e. The van der Waals surface area contributed by atoms with Crippen LogP contribution in [-0.4, -0.2) is 26.9 Å². The molecule has 1 N–H and O–H groups in total. The van der Waals surface area contributed by atoms with E-state index in [1.54, 1.807) is 11.4 Å². The molecule has 2 aromatic rings. The van der Waals surface area contributed by atoms with E-state index in [0.29, 0.717) is 17.5 Å². The number of hydrogen-bond acceptors (Lipinski definition) is 4. The number of nitrogens with one attached hydrogen (secondary N) is 1. The van der Waals surface area contributed by atoms with Crippen molar-refractivity contribution in [3.05, 3.63) is 45.2 Å². The summed E-state index contributed by atoms with van der Waals surface area (Å²) in [5.74, 6) is -0.0986. The molecule has 0 radical (unpaired) electrons. The van der Waals surface area contributed by atoms with E-state index in [-0.39, 0.29) is 21.6 Å². The first kappa shape index (κ1) is 21.3. The standard InChI is InChI=1S/C24H27BrN2O3S2/c25-17-4-5-20-19(13-17)24(10-8-23(6-7-23)9-11-24)15-27(20)22(28)16-12-21(31-14-16)32(29,30)26-18-2-1-3-18/h4-5,12-14,18,26H,1-3,6-11,15H2. The molecule has 0 bridgehead atoms. The van der Waals surface area contributed by atoms with Gasteiger partial charge >= 0.3 is 0 Å². The molecule has 6 rings (SSSR count). The molecule has 3 saturated carbocycles. The van der Waals surface area contributed by atoms with Crippen molar-refractivity contribution in [3.8, 4) is 0 Å². The van der Waals surface area contributed by atoms with Gasteiger partial charge in [-0.1, -0.05) is 22.4 Å². The molecule has 3 fully saturated rings. The van der Waals surface area contributed by atoms with E-state index in [0.717, 1.165) is 53.6 Å². The number of amides is 1. The number of carbonyl (C=O) groups excluding carboxylic acids is 1. The molecule has 170 valence electrons. The Bertz CT molecular complexity index is 1190. The quantitative estimate of drug-likeness (QED) is 0.555. The van der Waals surface area contributed by atoms with Crippen LogP contribution in [0.5, 0.6) is 0 Å². The van der Waals surface area contributed by atoms with E-state index < -0.39 is 10.0 Å². The first-order valence-corrected chi connectivity index (χ1v) is 14.7. The second-order valence-corrected chi connectivity index (χ2v) is 14.0. The molecule has 4 aliphatic rings. The van der Waals surface area contributed by atoms with Crippen molar-refractivity contribution in [3.63, 3.8) is 0 Å². The molecule has 0 saturated heterocycles. The van der Waals surface area contributed by atoms with Crippen molar-refractivity contribution in [1.29, 1.82) is 0 Å². The van der Waals surface area contributed by atoms with Crippen LogP contribution in [0.1, 0.15) is 73.7 Å². The minimum atomic E-state index is -3.56. The number of rotatable bonds is 4. The normalized spacial score (nSPS) is 23.3. The van der Waals surface area contributed by atoms with E-state index in [9.17, 15) is 13.2 Å². The lowest BCUT2D eigenvalue weighted by Gasteiger charge is -2.38. The van der Waals surface area contributed by atoms with E-state index in [2.05, 4.69) is 26.7 Å². The number of sulfonamides is 1. The van der Waals surface area contributed by atoms with Crippen LogP contribution < -0.4 is 9.62 Å². The SMILES string of the molecule is O=C(c1csc(S(=O)(=O)NC2CCC2)c1)N1CC2(CCC3(CC3)CC2)c2cc(Br)ccc21. The number of nitrogens with zero attached hydrogens (tertiary/aromatic N) is 1. The van der Waals surface area contributed by atoms with Gasteiger partial charge in [0.25, 0.3) is 5.91 Å². The lowest BCUT2D eigenvalue weighted by molar-refractivity contribution is 0.0980. The average Bonchev–Trinajstić information content (AvgIpc) is 3.19. The fourth-order valence-corrected chi connectivity index (χ4v) is 8.55. The molecule has 1 aliphatic heterocycles. The minimum absolute atomic E-state index is 0.0132. The van der Waals surface area contributed by atoms with E-state index >= 15 is 0 Å². The molecule has 5 nitrogen and oxygen atoms in total. The molecule has 1 aromatic heterocycles. The van der Waals surface area contributed by atoms with Gasteiger partial charge in [-0.2, -0.15) is 0 Å². The summed E-state index contributed by atoms with van der Waals surface area (Å²) in [5.41, 5.74) is 3.31. The molecule has 32 heavy (non-hydrogen) atoms. The third-order valence-corrected chi connectivity index (χ3v) is 11.7. The third-order valence-electron chi connectivity index (χ3n) is 8.27. The topological polar surface area (TPSA) is 66.5 Å². The lowest BCUT2D eigenvalue weighted by atomic mass is 9.66. The molecular formula is C24H27BrN2O3S2. The van der Waals surface area contributed by atoms with Crippen LogP contribution in [0.15, 0.2) is 38.3 Å². The second kappa shape index (κ2) is 7.39. The summed E-state index contributed by atoms with van der Waals surface area (Å²) in [6.07, 6.45) is 10.3. The molecule has 0 atom stereocenters. The summed E-state index contributed by atoms with van der Waals surface area (Å²) in [4.78, 5) is 15.5. The van der Waals surface area contributed by atoms with Crippen LogP contribution >= 0.6 is 27.3 Å². The molecular weight excluding hydrogens is 508 g/mol. The summed E-state index contributed by atoms with van der Waals surface area (Å²) in [7, 11) is -3.56. The summed E-state index contributed by atoms with van der Waals surface area (Å²) in [5, 5.41) is 1.70. The van der Waals surface area contributed by atoms with Gasteiger partial charge < -0.3 is 4.90 Å². The van der Waals surface area contributed by atoms with Gasteiger partial charge in [-0.3, -0.25) is 4.79 Å². The first-order chi connectivity index (χ1) is 15.3. The van der Waals surface area contributed by atoms with Gasteiger partial charge in [0.05, 0.1) is 5.56 Å². The number of halogens is 1. The number of benzene rings is 1. The molecule has 1 amide bonds. The van der Waals surface area contributed by atoms with Crippen molar-refractivity contribution in [2.75, 3.05) is 11.4 Å². The van der Waals surface area contributed by atoms with Crippen LogP contribution in [0.25, 0.3) is 0 Å². The van der Waals surface area contributed by atoms with E-state index in [1.165, 1.54) is 31.2 Å². The van der Waals surface area contributed by atoms with Crippen molar-refractivity contribution in [1.82, 2.24) is 4.72 Å². The summed E-state index contributed by atoms with van der Waals surface area (Å²) < 4.78 is 29.5. The summed E-state index contributed by atoms with van der Waals surface area (Å²) in [6.45, 7) is 0.686. The Morgan fingerprint density at radius 3 is 2.47 bits per heavy atom. The maximum Gasteiger partial charge on any atom is 0.259 e. The molecule has 8 heteroatoms. The Morgan fingerprint density at radius 2 is 1.81 bits per heavy atom. The smallest absolute Gasteiger partial charge is 0.259 e. The minimum Gasteiger partial charge on any atom is -0.307 e. The van der Waals surface area contributed by atoms with Gasteiger partial charge in [-0.25, -0.2) is 13.1 Å². The predicted octanol–water partition coefficient (Wildman–Crippen LogP) is 5.59. The Kier molecular flexibility index (Phi) is 4.92. The van der Waals surface area contributed by atoms with Gasteiger partial charge in [0, 0.05) is 33.5 Å². The third kappa shape index (κ3) is 3.49. The number of carbonyl (C=O) groups is 1. The molecule has 2 heterocycles. The number of hydrogen-bond donors (Lipinski definition) is 1. The highest BCUT2D eigenvalue weighted by Gasteiger charge is 2.53. The zero-order valence-electron chi connectivity index (χ0n) is 17.9. The molecule has 3 aliphatic carbocycles. The summed E-state index contributed by atoms with van der Waals surface area (Å²) in [6, 6.07) is 7.81. The highest BCUT2D eigenvalue weighted by molar-refractivity contribution is 9.10. The van der Waals surface area contributed by atoms with Crippen molar-refractivity contribution < 1.29 is 13.2 Å². The first-order valence-electron chi connectivity index (χ1n) is 11.5. The number of fused-ring (bicyclic) bond motifs is 2. The summed E-state index contributed by atoms with van der Waals surface area (Å²) >= 11 is 4.76. The van der Waals surface area contributed by atoms with Gasteiger partial charge in [0.2, 0.25) is 10.0 Å². The van der Waals surface area contributed by atoms with Crippen LogP contribution in [-0.2, 0) is 15.4 Å². The Morgan fingerprint density at radius 1 is 1.09 bits per heavy atom. The van der Waals surface area contributed by atoms with Crippen molar-refractivity contribution in [2.24, 2.45) is 5.41 Å². The highest BCUT2D eigenvalue weighted by Crippen LogP contribution is 2.62. The van der Waals surface area contributed by atoms with Gasteiger partial charge in [-0.05, 0) is 86.6 Å². The van der Waals surface area contributed by atoms with Crippen molar-refractivity contribution >= 4 is 48.9 Å². The average molecular weight is 536 g/mol. The van der Waals surface area contributed by atoms with Crippen LogP contribution in [0.4, 0.5) is 5.69 Å². The number of thiophene rings is 1. The van der Waals surface area contributed by atoms with Crippen LogP contribution in [0, 0.1) is 5.41 Å². The maximum atomic E-state index is 13.6. The van der Waals surface area contributed by atoms with Crippen LogP contribution in [0.3, 0.4) is 0 Å². The Labute approximate surface area is 201 Å². The second-order valence-electron chi connectivity index (χ2n) is 10.2. The molecule has 2 spiro atoms. The number of anilines is 1. The fourth-order valence-electron chi connectivity index (χ4n) is 5.71. The monoisotopic (exact) mass is 534 g/mol. The highest BCUT2D eigenvalue weighted by atomic mass is 79.9. The molecule has 1 aromatic carbocycles. The van der Waals surface area contributed by atoms with E-state index in [1.807, 2.05) is 17.0 Å². The van der Waals surface area contributed by atoms with Gasteiger partial charge in [0.15, 0.2) is 0 Å². The Hall–Kier alpha value is -1.22. The van der Waals surface area contributed by atoms with Gasteiger partial charge in [0.1, 0.15) is 4.21 Å². The zero-order valence-corrected chi connectivity index (χ0v) is 21.1. The fraction of sp³-hybridized carbons (Fsp3) is 0.542.